The van der Waals surface area contributed by atoms with Crippen molar-refractivity contribution >= 4 is 23.1 Å². The topological polar surface area (TPSA) is 3.24 Å². The lowest BCUT2D eigenvalue weighted by Crippen LogP contribution is -2.11. The highest BCUT2D eigenvalue weighted by molar-refractivity contribution is 5.80. The van der Waals surface area contributed by atoms with E-state index >= 15 is 0 Å². The maximum atomic E-state index is 2.31. The predicted octanol–water partition coefficient (Wildman–Crippen LogP) is 6.50. The van der Waals surface area contributed by atoms with Crippen LogP contribution < -0.4 is 4.90 Å². The van der Waals surface area contributed by atoms with Crippen LogP contribution in [0, 0.1) is 6.92 Å². The summed E-state index contributed by atoms with van der Waals surface area (Å²) in [6.45, 7) is 4.24. The summed E-state index contributed by atoms with van der Waals surface area (Å²) in [5, 5.41) is 0. The van der Waals surface area contributed by atoms with Gasteiger partial charge in [-0.15, -0.1) is 0 Å². The van der Waals surface area contributed by atoms with Crippen molar-refractivity contribution in [2.24, 2.45) is 0 Å². The molecule has 0 fully saturated rings. The summed E-state index contributed by atoms with van der Waals surface area (Å²) in [7, 11) is 0. The summed E-state index contributed by atoms with van der Waals surface area (Å²) < 4.78 is 0. The van der Waals surface area contributed by atoms with Gasteiger partial charge in [0.1, 0.15) is 0 Å². The highest BCUT2D eigenvalue weighted by Gasteiger charge is 2.14. The van der Waals surface area contributed by atoms with E-state index in [9.17, 15) is 0 Å². The summed E-state index contributed by atoms with van der Waals surface area (Å²) in [6.07, 6.45) is 4.24. The molecule has 23 heavy (non-hydrogen) atoms. The van der Waals surface area contributed by atoms with Crippen molar-refractivity contribution in [1.82, 2.24) is 0 Å². The van der Waals surface area contributed by atoms with Crippen LogP contribution in [-0.4, -0.2) is 0 Å². The van der Waals surface area contributed by atoms with Crippen molar-refractivity contribution in [2.45, 2.75) is 13.8 Å². The average molecular weight is 299 g/mol. The second-order valence-corrected chi connectivity index (χ2v) is 5.50. The second kappa shape index (κ2) is 6.97. The normalized spacial score (nSPS) is 10.9. The van der Waals surface area contributed by atoms with E-state index in [0.29, 0.717) is 0 Å². The Morgan fingerprint density at radius 1 is 0.696 bits per heavy atom. The molecule has 0 atom stereocenters. The van der Waals surface area contributed by atoms with E-state index in [4.69, 9.17) is 0 Å². The Morgan fingerprint density at radius 3 is 1.78 bits per heavy atom. The molecule has 0 N–H and O–H groups in total. The first-order valence-corrected chi connectivity index (χ1v) is 7.94. The zero-order valence-corrected chi connectivity index (χ0v) is 13.6. The van der Waals surface area contributed by atoms with E-state index in [2.05, 4.69) is 110 Å². The van der Waals surface area contributed by atoms with E-state index in [1.807, 2.05) is 0 Å². The maximum absolute atomic E-state index is 2.31. The monoisotopic (exact) mass is 299 g/mol. The molecule has 0 aliphatic rings. The number of rotatable bonds is 4. The fraction of sp³-hybridized carbons (Fsp3) is 0.0909. The van der Waals surface area contributed by atoms with Crippen molar-refractivity contribution in [3.63, 3.8) is 0 Å². The van der Waals surface area contributed by atoms with Gasteiger partial charge in [-0.2, -0.15) is 0 Å². The van der Waals surface area contributed by atoms with E-state index in [1.54, 1.807) is 0 Å². The molecular weight excluding hydrogens is 278 g/mol. The van der Waals surface area contributed by atoms with Gasteiger partial charge in [0, 0.05) is 17.1 Å². The molecule has 0 heterocycles. The van der Waals surface area contributed by atoms with Gasteiger partial charge in [-0.1, -0.05) is 60.7 Å². The Balaban J connectivity index is 2.19. The molecule has 0 amide bonds. The third-order valence-corrected chi connectivity index (χ3v) is 3.96. The minimum atomic E-state index is 1.17. The second-order valence-electron chi connectivity index (χ2n) is 5.50. The van der Waals surface area contributed by atoms with Gasteiger partial charge in [0.05, 0.1) is 0 Å². The smallest absolute Gasteiger partial charge is 0.0496 e. The summed E-state index contributed by atoms with van der Waals surface area (Å²) in [6, 6.07) is 27.5. The van der Waals surface area contributed by atoms with Gasteiger partial charge >= 0.3 is 0 Å². The van der Waals surface area contributed by atoms with Crippen LogP contribution in [0.15, 0.2) is 84.9 Å². The molecule has 114 valence electrons. The van der Waals surface area contributed by atoms with Crippen LogP contribution in [0.5, 0.6) is 0 Å². The van der Waals surface area contributed by atoms with Crippen LogP contribution >= 0.6 is 0 Å². The molecular formula is C22H21N. The molecule has 0 saturated carbocycles. The molecule has 1 heteroatoms. The van der Waals surface area contributed by atoms with Gasteiger partial charge in [0.15, 0.2) is 0 Å². The number of benzene rings is 3. The van der Waals surface area contributed by atoms with Crippen molar-refractivity contribution in [2.75, 3.05) is 4.90 Å². The summed E-state index contributed by atoms with van der Waals surface area (Å²) in [5.41, 5.74) is 6.07. The molecule has 0 aliphatic carbocycles. The Bertz CT molecular complexity index is 749. The third-order valence-electron chi connectivity index (χ3n) is 3.96. The quantitative estimate of drug-likeness (QED) is 0.531. The molecule has 3 rings (SSSR count). The molecule has 0 aromatic heterocycles. The predicted molar refractivity (Wildman–Crippen MR) is 101 cm³/mol. The van der Waals surface area contributed by atoms with E-state index in [-0.39, 0.29) is 0 Å². The standard InChI is InChI=1S/C22H21N/c1-3-11-19-12-10-17-22(18(19)2)23(20-13-6-4-7-14-20)21-15-8-5-9-16-21/h3-17H,1-2H3/b11-3-. The lowest BCUT2D eigenvalue weighted by Gasteiger charge is -2.27. The summed E-state index contributed by atoms with van der Waals surface area (Å²) in [5.74, 6) is 0. The molecule has 0 unspecified atom stereocenters. The number of para-hydroxylation sites is 2. The van der Waals surface area contributed by atoms with E-state index < -0.39 is 0 Å². The number of hydrogen-bond donors (Lipinski definition) is 0. The lowest BCUT2D eigenvalue weighted by atomic mass is 10.0. The number of nitrogens with zero attached hydrogens (tertiary/aromatic N) is 1. The number of hydrogen-bond acceptors (Lipinski definition) is 1. The molecule has 3 aromatic rings. The van der Waals surface area contributed by atoms with E-state index in [0.717, 1.165) is 0 Å². The summed E-state index contributed by atoms with van der Waals surface area (Å²) >= 11 is 0. The van der Waals surface area contributed by atoms with Gasteiger partial charge in [-0.3, -0.25) is 0 Å². The van der Waals surface area contributed by atoms with Crippen molar-refractivity contribution in [3.05, 3.63) is 96.1 Å². The Labute approximate surface area is 138 Å². The van der Waals surface area contributed by atoms with Gasteiger partial charge < -0.3 is 4.90 Å². The maximum Gasteiger partial charge on any atom is 0.0496 e. The molecule has 0 aliphatic heterocycles. The van der Waals surface area contributed by atoms with Gasteiger partial charge in [-0.25, -0.2) is 0 Å². The van der Waals surface area contributed by atoms with Gasteiger partial charge in [0.2, 0.25) is 0 Å². The van der Waals surface area contributed by atoms with Gasteiger partial charge in [-0.05, 0) is 55.3 Å². The van der Waals surface area contributed by atoms with Crippen molar-refractivity contribution in [3.8, 4) is 0 Å². The van der Waals surface area contributed by atoms with E-state index in [1.165, 1.54) is 28.2 Å². The fourth-order valence-corrected chi connectivity index (χ4v) is 2.82. The minimum absolute atomic E-state index is 1.17. The molecule has 3 aromatic carbocycles. The SMILES string of the molecule is C/C=C\c1cccc(N(c2ccccc2)c2ccccc2)c1C. The van der Waals surface area contributed by atoms with Crippen LogP contribution in [0.1, 0.15) is 18.1 Å². The molecule has 0 spiro atoms. The van der Waals surface area contributed by atoms with Gasteiger partial charge in [0.25, 0.3) is 0 Å². The highest BCUT2D eigenvalue weighted by atomic mass is 15.1. The highest BCUT2D eigenvalue weighted by Crippen LogP contribution is 2.37. The molecule has 0 saturated heterocycles. The first-order valence-electron chi connectivity index (χ1n) is 7.94. The van der Waals surface area contributed by atoms with Crippen LogP contribution in [0.25, 0.3) is 6.08 Å². The van der Waals surface area contributed by atoms with Crippen LogP contribution in [0.2, 0.25) is 0 Å². The van der Waals surface area contributed by atoms with Crippen LogP contribution in [-0.2, 0) is 0 Å². The van der Waals surface area contributed by atoms with Crippen molar-refractivity contribution in [1.29, 1.82) is 0 Å². The van der Waals surface area contributed by atoms with Crippen LogP contribution in [0.3, 0.4) is 0 Å². The summed E-state index contributed by atoms with van der Waals surface area (Å²) in [4.78, 5) is 2.31. The van der Waals surface area contributed by atoms with Crippen molar-refractivity contribution < 1.29 is 0 Å². The Hall–Kier alpha value is -2.80. The Kier molecular flexibility index (Phi) is 4.58. The zero-order valence-electron chi connectivity index (χ0n) is 13.6. The fourth-order valence-electron chi connectivity index (χ4n) is 2.82. The minimum Gasteiger partial charge on any atom is -0.310 e. The molecule has 1 nitrogen and oxygen atoms in total. The third kappa shape index (κ3) is 3.19. The first kappa shape index (κ1) is 15.1. The van der Waals surface area contributed by atoms with Crippen LogP contribution in [0.4, 0.5) is 17.1 Å². The average Bonchev–Trinajstić information content (AvgIpc) is 2.60. The largest absolute Gasteiger partial charge is 0.310 e. The molecule has 0 radical (unpaired) electrons. The molecule has 0 bridgehead atoms. The number of anilines is 3. The first-order chi connectivity index (χ1) is 11.3. The Morgan fingerprint density at radius 2 is 1.26 bits per heavy atom. The lowest BCUT2D eigenvalue weighted by molar-refractivity contribution is 1.24. The zero-order chi connectivity index (χ0) is 16.1. The number of allylic oxidation sites excluding steroid dienone is 1.